The van der Waals surface area contributed by atoms with E-state index in [1.165, 1.54) is 6.26 Å². The van der Waals surface area contributed by atoms with E-state index in [9.17, 15) is 8.42 Å². The van der Waals surface area contributed by atoms with Crippen LogP contribution in [-0.2, 0) is 16.4 Å². The van der Waals surface area contributed by atoms with Crippen molar-refractivity contribution in [1.29, 1.82) is 0 Å². The zero-order valence-electron chi connectivity index (χ0n) is 14.5. The number of anilines is 1. The van der Waals surface area contributed by atoms with E-state index in [2.05, 4.69) is 20.6 Å². The van der Waals surface area contributed by atoms with Gasteiger partial charge in [-0.15, -0.1) is 0 Å². The molecule has 0 aliphatic rings. The Morgan fingerprint density at radius 3 is 2.65 bits per heavy atom. The molecule has 0 aromatic carbocycles. The fraction of sp³-hybridized carbons (Fsp3) is 0.600. The lowest BCUT2D eigenvalue weighted by Gasteiger charge is -2.18. The first-order chi connectivity index (χ1) is 10.7. The number of aromatic nitrogens is 1. The molecular weight excluding hydrogens is 314 g/mol. The molecule has 0 radical (unpaired) electrons. The number of hydrogen-bond donors (Lipinski definition) is 2. The van der Waals surface area contributed by atoms with E-state index in [1.807, 2.05) is 44.1 Å². The minimum atomic E-state index is -2.94. The van der Waals surface area contributed by atoms with Gasteiger partial charge in [-0.2, -0.15) is 0 Å². The molecule has 1 atom stereocenters. The number of guanidine groups is 1. The first-order valence-electron chi connectivity index (χ1n) is 7.49. The number of nitrogens with one attached hydrogen (secondary N) is 2. The molecular formula is C15H27N5O2S. The molecule has 8 heteroatoms. The predicted octanol–water partition coefficient (Wildman–Crippen LogP) is 0.636. The van der Waals surface area contributed by atoms with Gasteiger partial charge in [-0.05, 0) is 25.5 Å². The van der Waals surface area contributed by atoms with E-state index < -0.39 is 9.84 Å². The summed E-state index contributed by atoms with van der Waals surface area (Å²) < 4.78 is 22.4. The average Bonchev–Trinajstić information content (AvgIpc) is 2.49. The van der Waals surface area contributed by atoms with E-state index in [-0.39, 0.29) is 11.8 Å². The van der Waals surface area contributed by atoms with Gasteiger partial charge in [-0.1, -0.05) is 6.07 Å². The number of aliphatic imine (C=N–C) groups is 1. The van der Waals surface area contributed by atoms with Crippen LogP contribution in [0.3, 0.4) is 0 Å². The van der Waals surface area contributed by atoms with Crippen LogP contribution in [0.1, 0.15) is 19.0 Å². The Kier molecular flexibility index (Phi) is 7.28. The average molecular weight is 341 g/mol. The monoisotopic (exact) mass is 341 g/mol. The minimum Gasteiger partial charge on any atom is -0.363 e. The smallest absolute Gasteiger partial charge is 0.191 e. The highest BCUT2D eigenvalue weighted by Crippen LogP contribution is 2.07. The second kappa shape index (κ2) is 8.71. The van der Waals surface area contributed by atoms with Gasteiger partial charge >= 0.3 is 0 Å². The molecule has 1 heterocycles. The summed E-state index contributed by atoms with van der Waals surface area (Å²) in [4.78, 5) is 10.6. The van der Waals surface area contributed by atoms with Crippen LogP contribution in [0.4, 0.5) is 5.82 Å². The van der Waals surface area contributed by atoms with Gasteiger partial charge in [0.15, 0.2) is 5.96 Å². The van der Waals surface area contributed by atoms with E-state index >= 15 is 0 Å². The van der Waals surface area contributed by atoms with Crippen molar-refractivity contribution in [2.24, 2.45) is 4.99 Å². The summed E-state index contributed by atoms with van der Waals surface area (Å²) >= 11 is 0. The van der Waals surface area contributed by atoms with E-state index in [0.717, 1.165) is 11.5 Å². The summed E-state index contributed by atoms with van der Waals surface area (Å²) in [5, 5.41) is 6.37. The van der Waals surface area contributed by atoms with Gasteiger partial charge in [-0.3, -0.25) is 4.99 Å². The Bertz CT molecular complexity index is 629. The number of hydrogen-bond acceptors (Lipinski definition) is 5. The third kappa shape index (κ3) is 7.83. The van der Waals surface area contributed by atoms with Gasteiger partial charge in [0, 0.05) is 33.4 Å². The molecule has 0 spiro atoms. The fourth-order valence-electron chi connectivity index (χ4n) is 1.88. The van der Waals surface area contributed by atoms with Gasteiger partial charge in [-0.25, -0.2) is 13.4 Å². The molecule has 0 amide bonds. The molecule has 130 valence electrons. The molecule has 0 aliphatic heterocycles. The summed E-state index contributed by atoms with van der Waals surface area (Å²) in [6.07, 6.45) is 1.78. The normalized spacial score (nSPS) is 13.5. The summed E-state index contributed by atoms with van der Waals surface area (Å²) in [6, 6.07) is 5.87. The Balaban J connectivity index is 2.52. The van der Waals surface area contributed by atoms with Crippen LogP contribution in [0.5, 0.6) is 0 Å². The van der Waals surface area contributed by atoms with Crippen molar-refractivity contribution in [3.63, 3.8) is 0 Å². The molecule has 0 saturated heterocycles. The number of rotatable bonds is 7. The fourth-order valence-corrected chi connectivity index (χ4v) is 2.66. The molecule has 1 aromatic heterocycles. The van der Waals surface area contributed by atoms with E-state index in [0.29, 0.717) is 18.9 Å². The lowest BCUT2D eigenvalue weighted by molar-refractivity contribution is 0.581. The lowest BCUT2D eigenvalue weighted by atomic mass is 10.3. The van der Waals surface area contributed by atoms with Crippen molar-refractivity contribution in [3.05, 3.63) is 23.9 Å². The molecule has 1 aromatic rings. The molecule has 1 unspecified atom stereocenters. The van der Waals surface area contributed by atoms with Crippen LogP contribution in [0.15, 0.2) is 23.2 Å². The maximum absolute atomic E-state index is 11.2. The molecule has 23 heavy (non-hydrogen) atoms. The van der Waals surface area contributed by atoms with Gasteiger partial charge < -0.3 is 15.5 Å². The lowest BCUT2D eigenvalue weighted by Crippen LogP contribution is -2.42. The van der Waals surface area contributed by atoms with Crippen molar-refractivity contribution in [1.82, 2.24) is 15.6 Å². The van der Waals surface area contributed by atoms with Crippen LogP contribution >= 0.6 is 0 Å². The summed E-state index contributed by atoms with van der Waals surface area (Å²) in [6.45, 7) is 2.48. The first kappa shape index (κ1) is 19.2. The third-order valence-electron chi connectivity index (χ3n) is 3.22. The van der Waals surface area contributed by atoms with Crippen molar-refractivity contribution in [2.45, 2.75) is 25.9 Å². The maximum atomic E-state index is 11.2. The topological polar surface area (TPSA) is 86.7 Å². The molecule has 0 saturated carbocycles. The molecule has 2 N–H and O–H groups in total. The van der Waals surface area contributed by atoms with Gasteiger partial charge in [0.1, 0.15) is 15.7 Å². The number of nitrogens with zero attached hydrogens (tertiary/aromatic N) is 3. The number of pyridine rings is 1. The Morgan fingerprint density at radius 2 is 2.09 bits per heavy atom. The highest BCUT2D eigenvalue weighted by atomic mass is 32.2. The van der Waals surface area contributed by atoms with Crippen molar-refractivity contribution in [2.75, 3.05) is 38.1 Å². The molecule has 7 nitrogen and oxygen atoms in total. The van der Waals surface area contributed by atoms with Crippen molar-refractivity contribution >= 4 is 21.6 Å². The van der Waals surface area contributed by atoms with Gasteiger partial charge in [0.25, 0.3) is 0 Å². The molecule has 0 bridgehead atoms. The quantitative estimate of drug-likeness (QED) is 0.559. The zero-order valence-corrected chi connectivity index (χ0v) is 15.3. The van der Waals surface area contributed by atoms with Crippen LogP contribution in [-0.4, -0.2) is 58.6 Å². The van der Waals surface area contributed by atoms with Gasteiger partial charge in [0.2, 0.25) is 0 Å². The van der Waals surface area contributed by atoms with Crippen LogP contribution in [0.25, 0.3) is 0 Å². The maximum Gasteiger partial charge on any atom is 0.191 e. The third-order valence-corrected chi connectivity index (χ3v) is 4.19. The predicted molar refractivity (Wildman–Crippen MR) is 95.7 cm³/mol. The summed E-state index contributed by atoms with van der Waals surface area (Å²) in [5.41, 5.74) is 0.905. The second-order valence-corrected chi connectivity index (χ2v) is 8.03. The molecule has 0 fully saturated rings. The van der Waals surface area contributed by atoms with Crippen LogP contribution in [0, 0.1) is 0 Å². The highest BCUT2D eigenvalue weighted by molar-refractivity contribution is 7.90. The van der Waals surface area contributed by atoms with E-state index in [4.69, 9.17) is 0 Å². The summed E-state index contributed by atoms with van der Waals surface area (Å²) in [5.74, 6) is 1.68. The Labute approximate surface area is 139 Å². The molecule has 1 rings (SSSR count). The van der Waals surface area contributed by atoms with Gasteiger partial charge in [0.05, 0.1) is 18.0 Å². The largest absolute Gasteiger partial charge is 0.363 e. The van der Waals surface area contributed by atoms with Crippen LogP contribution < -0.4 is 15.5 Å². The first-order valence-corrected chi connectivity index (χ1v) is 9.55. The Morgan fingerprint density at radius 1 is 1.39 bits per heavy atom. The number of sulfone groups is 1. The zero-order chi connectivity index (χ0) is 17.5. The summed E-state index contributed by atoms with van der Waals surface area (Å²) in [7, 11) is 2.63. The highest BCUT2D eigenvalue weighted by Gasteiger charge is 2.09. The SMILES string of the molecule is CN=C(NCc1cccc(N(C)C)n1)NC(C)CCS(C)(=O)=O. The Hall–Kier alpha value is -1.83. The standard InChI is InChI=1S/C15H27N5O2S/c1-12(9-10-23(5,21)22)18-15(16-2)17-11-13-7-6-8-14(19-13)20(3)4/h6-8,12H,9-11H2,1-5H3,(H2,16,17,18). The second-order valence-electron chi connectivity index (χ2n) is 5.77. The van der Waals surface area contributed by atoms with Crippen LogP contribution in [0.2, 0.25) is 0 Å². The van der Waals surface area contributed by atoms with Crippen molar-refractivity contribution in [3.8, 4) is 0 Å². The van der Waals surface area contributed by atoms with E-state index in [1.54, 1.807) is 7.05 Å². The van der Waals surface area contributed by atoms with Crippen molar-refractivity contribution < 1.29 is 8.42 Å². The molecule has 0 aliphatic carbocycles. The minimum absolute atomic E-state index is 0.0111.